The minimum Gasteiger partial charge on any atom is -0.368 e. The van der Waals surface area contributed by atoms with Crippen LogP contribution < -0.4 is 5.73 Å². The number of likely N-dealkylation sites (tertiary alicyclic amines) is 1. The second kappa shape index (κ2) is 7.66. The predicted octanol–water partition coefficient (Wildman–Crippen LogP) is 3.16. The molecule has 7 nitrogen and oxygen atoms in total. The normalized spacial score (nSPS) is 17.1. The molecule has 0 aliphatic carbocycles. The maximum atomic E-state index is 13.5. The Hall–Kier alpha value is -3.22. The summed E-state index contributed by atoms with van der Waals surface area (Å²) in [5, 5.41) is 5.16. The van der Waals surface area contributed by atoms with Gasteiger partial charge in [0, 0.05) is 18.2 Å². The zero-order valence-electron chi connectivity index (χ0n) is 16.7. The lowest BCUT2D eigenvalue weighted by atomic mass is 9.99. The van der Waals surface area contributed by atoms with Crippen molar-refractivity contribution in [2.45, 2.75) is 45.2 Å². The number of amides is 2. The van der Waals surface area contributed by atoms with Crippen molar-refractivity contribution in [1.82, 2.24) is 19.7 Å². The zero-order valence-corrected chi connectivity index (χ0v) is 16.7. The first-order valence-electron chi connectivity index (χ1n) is 10.0. The van der Waals surface area contributed by atoms with E-state index >= 15 is 0 Å². The topological polar surface area (TPSA) is 94.1 Å². The first-order valence-corrected chi connectivity index (χ1v) is 10.0. The van der Waals surface area contributed by atoms with E-state index in [2.05, 4.69) is 5.10 Å². The molecule has 1 aromatic carbocycles. The summed E-state index contributed by atoms with van der Waals surface area (Å²) in [7, 11) is 0. The van der Waals surface area contributed by atoms with Gasteiger partial charge in [-0.25, -0.2) is 9.67 Å². The van der Waals surface area contributed by atoms with E-state index in [-0.39, 0.29) is 11.9 Å². The molecule has 29 heavy (non-hydrogen) atoms. The summed E-state index contributed by atoms with van der Waals surface area (Å²) in [6.45, 7) is 4.58. The maximum absolute atomic E-state index is 13.5. The molecule has 0 bridgehead atoms. The fraction of sp³-hybridized carbons (Fsp3) is 0.364. The minimum absolute atomic E-state index is 0.0994. The Morgan fingerprint density at radius 2 is 1.93 bits per heavy atom. The molecule has 150 valence electrons. The molecule has 3 heterocycles. The van der Waals surface area contributed by atoms with Crippen molar-refractivity contribution >= 4 is 22.8 Å². The van der Waals surface area contributed by atoms with Gasteiger partial charge in [-0.15, -0.1) is 0 Å². The molecule has 0 spiro atoms. The summed E-state index contributed by atoms with van der Waals surface area (Å²) in [6.07, 6.45) is 4.05. The van der Waals surface area contributed by atoms with Gasteiger partial charge in [-0.1, -0.05) is 30.3 Å². The summed E-state index contributed by atoms with van der Waals surface area (Å²) in [5.41, 5.74) is 8.39. The molecule has 2 N–H and O–H groups in total. The zero-order chi connectivity index (χ0) is 20.5. The van der Waals surface area contributed by atoms with Crippen LogP contribution in [0.15, 0.2) is 42.6 Å². The Kier molecular flexibility index (Phi) is 5.05. The number of fused-ring (bicyclic) bond motifs is 1. The van der Waals surface area contributed by atoms with Crippen LogP contribution in [0, 0.1) is 0 Å². The largest absolute Gasteiger partial charge is 0.368 e. The van der Waals surface area contributed by atoms with Crippen molar-refractivity contribution in [3.63, 3.8) is 0 Å². The quantitative estimate of drug-likeness (QED) is 0.739. The highest BCUT2D eigenvalue weighted by Crippen LogP contribution is 2.29. The molecule has 1 aliphatic heterocycles. The van der Waals surface area contributed by atoms with E-state index < -0.39 is 11.9 Å². The van der Waals surface area contributed by atoms with Crippen LogP contribution in [0.25, 0.3) is 22.3 Å². The molecule has 7 heteroatoms. The van der Waals surface area contributed by atoms with Crippen LogP contribution in [-0.4, -0.2) is 44.1 Å². The number of carbonyl (C=O) groups is 2. The lowest BCUT2D eigenvalue weighted by Crippen LogP contribution is -2.50. The van der Waals surface area contributed by atoms with Gasteiger partial charge in [0.2, 0.25) is 5.91 Å². The van der Waals surface area contributed by atoms with Crippen molar-refractivity contribution in [3.05, 3.63) is 48.2 Å². The number of hydrogen-bond donors (Lipinski definition) is 1. The average Bonchev–Trinajstić information content (AvgIpc) is 3.17. The number of primary amides is 1. The third-order valence-corrected chi connectivity index (χ3v) is 5.45. The van der Waals surface area contributed by atoms with Crippen molar-refractivity contribution in [3.8, 4) is 11.3 Å². The van der Waals surface area contributed by atoms with Gasteiger partial charge < -0.3 is 10.6 Å². The number of piperidine rings is 1. The second-order valence-electron chi connectivity index (χ2n) is 7.75. The van der Waals surface area contributed by atoms with E-state index in [1.807, 2.05) is 48.9 Å². The summed E-state index contributed by atoms with van der Waals surface area (Å²) in [4.78, 5) is 31.9. The standard InChI is InChI=1S/C22H25N5O2/c1-14(2)27-21-17(13-24-27)16(12-18(25-21)15-8-4-3-5-9-15)22(29)26-11-7-6-10-19(26)20(23)28/h3-5,8-9,12-14,19H,6-7,10-11H2,1-2H3,(H2,23,28)/t19-/m0/s1. The number of pyridine rings is 1. The number of nitrogens with zero attached hydrogens (tertiary/aromatic N) is 4. The number of rotatable bonds is 4. The summed E-state index contributed by atoms with van der Waals surface area (Å²) >= 11 is 0. The van der Waals surface area contributed by atoms with Gasteiger partial charge in [0.15, 0.2) is 5.65 Å². The Morgan fingerprint density at radius 3 is 2.62 bits per heavy atom. The first kappa shape index (κ1) is 19.1. The second-order valence-corrected chi connectivity index (χ2v) is 7.75. The van der Waals surface area contributed by atoms with Crippen LogP contribution >= 0.6 is 0 Å². The molecule has 2 amide bonds. The van der Waals surface area contributed by atoms with E-state index in [0.717, 1.165) is 18.4 Å². The number of hydrogen-bond acceptors (Lipinski definition) is 4. The summed E-state index contributed by atoms with van der Waals surface area (Å²) < 4.78 is 1.82. The van der Waals surface area contributed by atoms with E-state index in [4.69, 9.17) is 10.7 Å². The molecule has 4 rings (SSSR count). The monoisotopic (exact) mass is 391 g/mol. The van der Waals surface area contributed by atoms with Crippen LogP contribution in [0.5, 0.6) is 0 Å². The van der Waals surface area contributed by atoms with E-state index in [1.54, 1.807) is 17.2 Å². The smallest absolute Gasteiger partial charge is 0.255 e. The van der Waals surface area contributed by atoms with E-state index in [1.165, 1.54) is 0 Å². The SMILES string of the molecule is CC(C)n1ncc2c(C(=O)N3CCCC[C@H]3C(N)=O)cc(-c3ccccc3)nc21. The Morgan fingerprint density at radius 1 is 1.17 bits per heavy atom. The lowest BCUT2D eigenvalue weighted by Gasteiger charge is -2.33. The van der Waals surface area contributed by atoms with Gasteiger partial charge in [-0.2, -0.15) is 5.10 Å². The number of benzene rings is 1. The van der Waals surface area contributed by atoms with Gasteiger partial charge >= 0.3 is 0 Å². The summed E-state index contributed by atoms with van der Waals surface area (Å²) in [5.74, 6) is -0.647. The average molecular weight is 391 g/mol. The fourth-order valence-electron chi connectivity index (χ4n) is 3.95. The number of carbonyl (C=O) groups excluding carboxylic acids is 2. The summed E-state index contributed by atoms with van der Waals surface area (Å²) in [6, 6.07) is 11.1. The maximum Gasteiger partial charge on any atom is 0.255 e. The number of nitrogens with two attached hydrogens (primary N) is 1. The molecule has 0 saturated carbocycles. The van der Waals surface area contributed by atoms with Crippen LogP contribution in [-0.2, 0) is 4.79 Å². The third-order valence-electron chi connectivity index (χ3n) is 5.45. The van der Waals surface area contributed by atoms with Crippen LogP contribution in [0.4, 0.5) is 0 Å². The molecule has 1 fully saturated rings. The van der Waals surface area contributed by atoms with Crippen LogP contribution in [0.1, 0.15) is 49.5 Å². The van der Waals surface area contributed by atoms with Gasteiger partial charge in [0.05, 0.1) is 22.8 Å². The van der Waals surface area contributed by atoms with Crippen molar-refractivity contribution < 1.29 is 9.59 Å². The fourth-order valence-corrected chi connectivity index (χ4v) is 3.95. The minimum atomic E-state index is -0.570. The highest BCUT2D eigenvalue weighted by atomic mass is 16.2. The van der Waals surface area contributed by atoms with Gasteiger partial charge in [-0.3, -0.25) is 9.59 Å². The molecule has 1 atom stereocenters. The van der Waals surface area contributed by atoms with Crippen LogP contribution in [0.3, 0.4) is 0 Å². The molecule has 1 saturated heterocycles. The Bertz CT molecular complexity index is 1060. The predicted molar refractivity (Wildman–Crippen MR) is 111 cm³/mol. The van der Waals surface area contributed by atoms with Crippen molar-refractivity contribution in [2.75, 3.05) is 6.54 Å². The van der Waals surface area contributed by atoms with Crippen molar-refractivity contribution in [2.24, 2.45) is 5.73 Å². The molecular formula is C22H25N5O2. The third kappa shape index (κ3) is 3.48. The molecule has 3 aromatic rings. The van der Waals surface area contributed by atoms with Crippen molar-refractivity contribution in [1.29, 1.82) is 0 Å². The first-order chi connectivity index (χ1) is 14.0. The van der Waals surface area contributed by atoms with E-state index in [9.17, 15) is 9.59 Å². The Labute approximate surface area is 169 Å². The molecule has 0 radical (unpaired) electrons. The highest BCUT2D eigenvalue weighted by Gasteiger charge is 2.32. The molecular weight excluding hydrogens is 366 g/mol. The van der Waals surface area contributed by atoms with Gasteiger partial charge in [-0.05, 0) is 39.2 Å². The molecule has 2 aromatic heterocycles. The van der Waals surface area contributed by atoms with Crippen LogP contribution in [0.2, 0.25) is 0 Å². The highest BCUT2D eigenvalue weighted by molar-refractivity contribution is 6.07. The molecule has 0 unspecified atom stereocenters. The number of aromatic nitrogens is 3. The molecule has 1 aliphatic rings. The van der Waals surface area contributed by atoms with Gasteiger partial charge in [0.25, 0.3) is 5.91 Å². The van der Waals surface area contributed by atoms with Gasteiger partial charge in [0.1, 0.15) is 6.04 Å². The Balaban J connectivity index is 1.88. The lowest BCUT2D eigenvalue weighted by molar-refractivity contribution is -0.123. The van der Waals surface area contributed by atoms with E-state index in [0.29, 0.717) is 35.3 Å².